The van der Waals surface area contributed by atoms with Gasteiger partial charge in [0.05, 0.1) is 17.2 Å². The van der Waals surface area contributed by atoms with Gasteiger partial charge in [0.2, 0.25) is 5.88 Å². The number of ether oxygens (including phenoxy) is 1. The van der Waals surface area contributed by atoms with Gasteiger partial charge in [-0.25, -0.2) is 8.42 Å². The van der Waals surface area contributed by atoms with Crippen LogP contribution in [0, 0.1) is 0 Å². The highest BCUT2D eigenvalue weighted by Crippen LogP contribution is 2.24. The second kappa shape index (κ2) is 7.89. The molecule has 0 spiro atoms. The fourth-order valence-electron chi connectivity index (χ4n) is 2.96. The Kier molecular flexibility index (Phi) is 5.14. The molecule has 1 N–H and O–H groups in total. The monoisotopic (exact) mass is 405 g/mol. The van der Waals surface area contributed by atoms with Crippen LogP contribution in [0.4, 0.5) is 5.69 Å². The van der Waals surface area contributed by atoms with Crippen LogP contribution in [0.5, 0.6) is 5.88 Å². The lowest BCUT2D eigenvalue weighted by atomic mass is 10.1. The summed E-state index contributed by atoms with van der Waals surface area (Å²) in [6, 6.07) is 23.3. The molecule has 0 aliphatic carbocycles. The zero-order chi connectivity index (χ0) is 20.3. The van der Waals surface area contributed by atoms with Gasteiger partial charge in [-0.2, -0.15) is 0 Å². The van der Waals surface area contributed by atoms with E-state index in [9.17, 15) is 8.42 Å². The highest BCUT2D eigenvalue weighted by atomic mass is 32.2. The highest BCUT2D eigenvalue weighted by molar-refractivity contribution is 7.92. The number of nitrogens with one attached hydrogen (secondary N) is 1. The van der Waals surface area contributed by atoms with E-state index < -0.39 is 10.0 Å². The molecule has 0 aliphatic heterocycles. The maximum Gasteiger partial charge on any atom is 0.261 e. The number of rotatable bonds is 6. The summed E-state index contributed by atoms with van der Waals surface area (Å²) >= 11 is 0. The number of sulfonamides is 1. The van der Waals surface area contributed by atoms with Crippen molar-refractivity contribution >= 4 is 26.5 Å². The molecule has 1 aromatic heterocycles. The Bertz CT molecular complexity index is 1240. The summed E-state index contributed by atoms with van der Waals surface area (Å²) in [5.74, 6) is 0.469. The van der Waals surface area contributed by atoms with Crippen LogP contribution in [-0.2, 0) is 10.0 Å². The van der Waals surface area contributed by atoms with Crippen LogP contribution in [0.15, 0.2) is 83.8 Å². The molecule has 7 heteroatoms. The van der Waals surface area contributed by atoms with Crippen LogP contribution in [0.2, 0.25) is 0 Å². The van der Waals surface area contributed by atoms with Gasteiger partial charge in [-0.05, 0) is 48.0 Å². The first kappa shape index (κ1) is 18.9. The van der Waals surface area contributed by atoms with E-state index in [1.54, 1.807) is 48.5 Å². The third-order valence-corrected chi connectivity index (χ3v) is 5.78. The van der Waals surface area contributed by atoms with Crippen molar-refractivity contribution in [3.8, 4) is 17.1 Å². The van der Waals surface area contributed by atoms with Crippen molar-refractivity contribution in [1.82, 2.24) is 10.2 Å². The minimum Gasteiger partial charge on any atom is -0.477 e. The Balaban J connectivity index is 1.54. The van der Waals surface area contributed by atoms with E-state index in [0.29, 0.717) is 23.9 Å². The van der Waals surface area contributed by atoms with Gasteiger partial charge in [0.25, 0.3) is 10.0 Å². The van der Waals surface area contributed by atoms with Gasteiger partial charge in [-0.1, -0.05) is 42.5 Å². The van der Waals surface area contributed by atoms with Gasteiger partial charge in [0.1, 0.15) is 0 Å². The summed E-state index contributed by atoms with van der Waals surface area (Å²) in [7, 11) is -3.69. The Hall–Kier alpha value is -3.45. The van der Waals surface area contributed by atoms with Crippen molar-refractivity contribution < 1.29 is 13.2 Å². The second-order valence-electron chi connectivity index (χ2n) is 6.38. The fraction of sp³-hybridized carbons (Fsp3) is 0.0909. The van der Waals surface area contributed by atoms with Crippen LogP contribution < -0.4 is 9.46 Å². The number of benzene rings is 3. The van der Waals surface area contributed by atoms with E-state index >= 15 is 0 Å². The Morgan fingerprint density at radius 3 is 2.31 bits per heavy atom. The van der Waals surface area contributed by atoms with Crippen molar-refractivity contribution in [2.45, 2.75) is 11.8 Å². The molecule has 6 nitrogen and oxygen atoms in total. The molecule has 1 heterocycles. The van der Waals surface area contributed by atoms with Crippen LogP contribution in [0.3, 0.4) is 0 Å². The number of hydrogen-bond donors (Lipinski definition) is 1. The first-order valence-electron chi connectivity index (χ1n) is 9.14. The number of hydrogen-bond acceptors (Lipinski definition) is 5. The zero-order valence-corrected chi connectivity index (χ0v) is 16.6. The molecule has 0 unspecified atom stereocenters. The van der Waals surface area contributed by atoms with E-state index in [-0.39, 0.29) is 4.90 Å². The molecule has 0 bridgehead atoms. The van der Waals surface area contributed by atoms with Gasteiger partial charge >= 0.3 is 0 Å². The topological polar surface area (TPSA) is 81.2 Å². The number of fused-ring (bicyclic) bond motifs is 1. The van der Waals surface area contributed by atoms with Gasteiger partial charge in [0.15, 0.2) is 0 Å². The van der Waals surface area contributed by atoms with Crippen LogP contribution in [-0.4, -0.2) is 25.2 Å². The third-order valence-electron chi connectivity index (χ3n) is 4.40. The van der Waals surface area contributed by atoms with E-state index in [0.717, 1.165) is 16.3 Å². The average Bonchev–Trinajstić information content (AvgIpc) is 2.74. The van der Waals surface area contributed by atoms with Crippen molar-refractivity contribution in [3.05, 3.63) is 78.9 Å². The molecule has 3 aromatic carbocycles. The Labute approximate surface area is 169 Å². The molecule has 4 rings (SSSR count). The maximum atomic E-state index is 12.8. The number of nitrogens with zero attached hydrogens (tertiary/aromatic N) is 2. The average molecular weight is 405 g/mol. The summed E-state index contributed by atoms with van der Waals surface area (Å²) in [5.41, 5.74) is 1.98. The Morgan fingerprint density at radius 1 is 0.862 bits per heavy atom. The van der Waals surface area contributed by atoms with Crippen molar-refractivity contribution in [3.63, 3.8) is 0 Å². The predicted octanol–water partition coefficient (Wildman–Crippen LogP) is 4.50. The predicted molar refractivity (Wildman–Crippen MR) is 113 cm³/mol. The lowest BCUT2D eigenvalue weighted by Crippen LogP contribution is -2.12. The number of aromatic nitrogens is 2. The summed E-state index contributed by atoms with van der Waals surface area (Å²) in [5, 5.41) is 10.0. The fourth-order valence-corrected chi connectivity index (χ4v) is 4.05. The second-order valence-corrected chi connectivity index (χ2v) is 8.06. The zero-order valence-electron chi connectivity index (χ0n) is 15.7. The van der Waals surface area contributed by atoms with Crippen LogP contribution in [0.25, 0.3) is 22.0 Å². The molecule has 0 saturated carbocycles. The smallest absolute Gasteiger partial charge is 0.261 e. The standard InChI is InChI=1S/C22H19N3O3S/c1-2-28-22-14-13-21(23-24-22)17-7-10-19(11-8-17)25-29(26,27)20-12-9-16-5-3-4-6-18(16)15-20/h3-15,25H,2H2,1H3. The minimum atomic E-state index is -3.69. The van der Waals surface area contributed by atoms with Crippen molar-refractivity contribution in [1.29, 1.82) is 0 Å². The molecule has 146 valence electrons. The third kappa shape index (κ3) is 4.20. The lowest BCUT2D eigenvalue weighted by Gasteiger charge is -2.10. The molecular formula is C22H19N3O3S. The molecule has 0 aliphatic rings. The first-order valence-corrected chi connectivity index (χ1v) is 10.6. The summed E-state index contributed by atoms with van der Waals surface area (Å²) in [4.78, 5) is 0.220. The summed E-state index contributed by atoms with van der Waals surface area (Å²) in [6.07, 6.45) is 0. The van der Waals surface area contributed by atoms with E-state index in [4.69, 9.17) is 4.74 Å². The summed E-state index contributed by atoms with van der Waals surface area (Å²) in [6.45, 7) is 2.41. The van der Waals surface area contributed by atoms with Crippen molar-refractivity contribution in [2.24, 2.45) is 0 Å². The van der Waals surface area contributed by atoms with Crippen LogP contribution in [0.1, 0.15) is 6.92 Å². The minimum absolute atomic E-state index is 0.220. The molecule has 0 saturated heterocycles. The van der Waals surface area contributed by atoms with E-state index in [1.165, 1.54) is 0 Å². The molecule has 0 radical (unpaired) electrons. The van der Waals surface area contributed by atoms with Gasteiger partial charge in [0, 0.05) is 17.3 Å². The SMILES string of the molecule is CCOc1ccc(-c2ccc(NS(=O)(=O)c3ccc4ccccc4c3)cc2)nn1. The lowest BCUT2D eigenvalue weighted by molar-refractivity contribution is 0.323. The normalized spacial score (nSPS) is 11.3. The summed E-state index contributed by atoms with van der Waals surface area (Å²) < 4.78 is 33.4. The quantitative estimate of drug-likeness (QED) is 0.511. The Morgan fingerprint density at radius 2 is 1.62 bits per heavy atom. The van der Waals surface area contributed by atoms with E-state index in [1.807, 2.05) is 37.3 Å². The maximum absolute atomic E-state index is 12.8. The van der Waals surface area contributed by atoms with E-state index in [2.05, 4.69) is 14.9 Å². The van der Waals surface area contributed by atoms with Gasteiger partial charge < -0.3 is 4.74 Å². The molecular weight excluding hydrogens is 386 g/mol. The number of anilines is 1. The molecule has 29 heavy (non-hydrogen) atoms. The largest absolute Gasteiger partial charge is 0.477 e. The van der Waals surface area contributed by atoms with Gasteiger partial charge in [-0.3, -0.25) is 4.72 Å². The van der Waals surface area contributed by atoms with Crippen LogP contribution >= 0.6 is 0 Å². The van der Waals surface area contributed by atoms with Crippen molar-refractivity contribution in [2.75, 3.05) is 11.3 Å². The molecule has 0 amide bonds. The molecule has 0 fully saturated rings. The highest BCUT2D eigenvalue weighted by Gasteiger charge is 2.15. The first-order chi connectivity index (χ1) is 14.0. The molecule has 0 atom stereocenters. The molecule has 4 aromatic rings. The van der Waals surface area contributed by atoms with Gasteiger partial charge in [-0.15, -0.1) is 10.2 Å².